The maximum Gasteiger partial charge on any atom is 0.141 e. The highest BCUT2D eigenvalue weighted by Gasteiger charge is 2.21. The molecule has 0 spiro atoms. The molecule has 0 fully saturated rings. The number of aromatic nitrogens is 2. The summed E-state index contributed by atoms with van der Waals surface area (Å²) < 4.78 is 6.50. The van der Waals surface area contributed by atoms with E-state index in [0.29, 0.717) is 0 Å². The van der Waals surface area contributed by atoms with Gasteiger partial charge in [0.15, 0.2) is 0 Å². The number of benzene rings is 1. The van der Waals surface area contributed by atoms with Crippen molar-refractivity contribution in [3.63, 3.8) is 0 Å². The van der Waals surface area contributed by atoms with Gasteiger partial charge >= 0.3 is 0 Å². The molecule has 5 heteroatoms. The lowest BCUT2D eigenvalue weighted by Gasteiger charge is -2.15. The van der Waals surface area contributed by atoms with Crippen LogP contribution in [0.3, 0.4) is 0 Å². The van der Waals surface area contributed by atoms with Gasteiger partial charge in [0.05, 0.1) is 33.7 Å². The minimum atomic E-state index is -0.110. The van der Waals surface area contributed by atoms with Gasteiger partial charge in [-0.2, -0.15) is 0 Å². The maximum atomic E-state index is 5.57. The Hall–Kier alpha value is -1.72. The number of para-hydroxylation sites is 2. The van der Waals surface area contributed by atoms with Gasteiger partial charge < -0.3 is 9.73 Å². The summed E-state index contributed by atoms with van der Waals surface area (Å²) in [5.41, 5.74) is 2.63. The molecule has 3 aromatic rings. The summed E-state index contributed by atoms with van der Waals surface area (Å²) in [6.45, 7) is 2.87. The number of hydrogen-bond acceptors (Lipinski definition) is 4. The summed E-state index contributed by atoms with van der Waals surface area (Å²) in [5.74, 6) is 0.816. The lowest BCUT2D eigenvalue weighted by Crippen LogP contribution is -2.23. The van der Waals surface area contributed by atoms with Crippen molar-refractivity contribution in [3.05, 3.63) is 58.7 Å². The summed E-state index contributed by atoms with van der Waals surface area (Å²) >= 11 is 3.50. The van der Waals surface area contributed by atoms with Crippen LogP contribution in [0, 0.1) is 0 Å². The van der Waals surface area contributed by atoms with Crippen molar-refractivity contribution in [2.24, 2.45) is 0 Å². The summed E-state index contributed by atoms with van der Waals surface area (Å²) in [6.07, 6.45) is 3.46. The quantitative estimate of drug-likeness (QED) is 0.792. The van der Waals surface area contributed by atoms with Crippen molar-refractivity contribution < 1.29 is 4.42 Å². The molecule has 1 aromatic carbocycles. The number of hydrogen-bond donors (Lipinski definition) is 1. The van der Waals surface area contributed by atoms with E-state index in [4.69, 9.17) is 4.42 Å². The second-order valence-corrected chi connectivity index (χ2v) is 5.26. The van der Waals surface area contributed by atoms with Crippen molar-refractivity contribution in [3.8, 4) is 0 Å². The topological polar surface area (TPSA) is 51.0 Å². The number of nitrogens with one attached hydrogen (secondary N) is 1. The summed E-state index contributed by atoms with van der Waals surface area (Å²) in [4.78, 5) is 9.15. The molecule has 3 rings (SSSR count). The van der Waals surface area contributed by atoms with Gasteiger partial charge in [-0.1, -0.05) is 19.1 Å². The van der Waals surface area contributed by atoms with E-state index >= 15 is 0 Å². The number of nitrogens with zero attached hydrogens (tertiary/aromatic N) is 2. The molecule has 102 valence electrons. The summed E-state index contributed by atoms with van der Waals surface area (Å²) in [6, 6.07) is 9.62. The first kappa shape index (κ1) is 13.3. The molecular weight excluding hydrogens is 318 g/mol. The lowest BCUT2D eigenvalue weighted by molar-refractivity contribution is 0.445. The van der Waals surface area contributed by atoms with Gasteiger partial charge in [0.2, 0.25) is 0 Å². The molecule has 1 N–H and O–H groups in total. The van der Waals surface area contributed by atoms with E-state index in [1.165, 1.54) is 0 Å². The molecule has 0 radical (unpaired) electrons. The van der Waals surface area contributed by atoms with Crippen LogP contribution in [0.4, 0.5) is 0 Å². The van der Waals surface area contributed by atoms with E-state index < -0.39 is 0 Å². The number of fused-ring (bicyclic) bond motifs is 1. The van der Waals surface area contributed by atoms with E-state index in [9.17, 15) is 0 Å². The van der Waals surface area contributed by atoms with Crippen molar-refractivity contribution in [2.45, 2.75) is 13.0 Å². The Balaban J connectivity index is 2.07. The molecule has 0 saturated carbocycles. The molecule has 1 unspecified atom stereocenters. The third kappa shape index (κ3) is 2.46. The minimum absolute atomic E-state index is 0.110. The Bertz CT molecular complexity index is 726. The predicted octanol–water partition coefficient (Wildman–Crippen LogP) is 3.68. The van der Waals surface area contributed by atoms with Crippen LogP contribution in [0.25, 0.3) is 11.0 Å². The molecular formula is C15H14BrN3O. The van der Waals surface area contributed by atoms with Crippen LogP contribution in [0.2, 0.25) is 0 Å². The smallest absolute Gasteiger partial charge is 0.141 e. The van der Waals surface area contributed by atoms with Gasteiger partial charge in [0.25, 0.3) is 0 Å². The fourth-order valence-corrected chi connectivity index (χ4v) is 2.59. The van der Waals surface area contributed by atoms with Crippen molar-refractivity contribution in [2.75, 3.05) is 6.54 Å². The van der Waals surface area contributed by atoms with E-state index in [0.717, 1.165) is 33.5 Å². The second kappa shape index (κ2) is 5.73. The van der Waals surface area contributed by atoms with Crippen molar-refractivity contribution >= 4 is 27.0 Å². The number of furan rings is 1. The molecule has 2 heterocycles. The zero-order chi connectivity index (χ0) is 13.9. The van der Waals surface area contributed by atoms with Gasteiger partial charge in [0.1, 0.15) is 11.8 Å². The molecule has 0 bridgehead atoms. The van der Waals surface area contributed by atoms with E-state index in [1.807, 2.05) is 30.3 Å². The van der Waals surface area contributed by atoms with Crippen molar-refractivity contribution in [1.82, 2.24) is 15.3 Å². The molecule has 20 heavy (non-hydrogen) atoms. The normalized spacial score (nSPS) is 12.7. The minimum Gasteiger partial charge on any atom is -0.466 e. The van der Waals surface area contributed by atoms with Crippen LogP contribution >= 0.6 is 15.9 Å². The standard InChI is InChI=1S/C15H14BrN3O/c1-2-17-14(15-10(16)7-8-20-15)13-9-18-11-5-3-4-6-12(11)19-13/h3-9,14,17H,2H2,1H3. The first-order valence-electron chi connectivity index (χ1n) is 6.47. The third-order valence-electron chi connectivity index (χ3n) is 3.08. The molecule has 0 aliphatic heterocycles. The van der Waals surface area contributed by atoms with Gasteiger partial charge in [-0.05, 0) is 40.7 Å². The van der Waals surface area contributed by atoms with Gasteiger partial charge in [-0.25, -0.2) is 4.98 Å². The van der Waals surface area contributed by atoms with Crippen LogP contribution < -0.4 is 5.32 Å². The van der Waals surface area contributed by atoms with Gasteiger partial charge in [-0.3, -0.25) is 4.98 Å². The van der Waals surface area contributed by atoms with Crippen LogP contribution in [0.1, 0.15) is 24.4 Å². The van der Waals surface area contributed by atoms with Gasteiger partial charge in [0, 0.05) is 0 Å². The Morgan fingerprint density at radius 2 is 2.05 bits per heavy atom. The monoisotopic (exact) mass is 331 g/mol. The Labute approximate surface area is 125 Å². The Morgan fingerprint density at radius 1 is 1.25 bits per heavy atom. The Morgan fingerprint density at radius 3 is 2.75 bits per heavy atom. The van der Waals surface area contributed by atoms with Crippen LogP contribution in [0.5, 0.6) is 0 Å². The maximum absolute atomic E-state index is 5.57. The lowest BCUT2D eigenvalue weighted by atomic mass is 10.1. The predicted molar refractivity (Wildman–Crippen MR) is 81.5 cm³/mol. The third-order valence-corrected chi connectivity index (χ3v) is 3.73. The first-order chi connectivity index (χ1) is 9.79. The highest BCUT2D eigenvalue weighted by Crippen LogP contribution is 2.28. The molecule has 0 saturated heterocycles. The summed E-state index contributed by atoms with van der Waals surface area (Å²) in [7, 11) is 0. The first-order valence-corrected chi connectivity index (χ1v) is 7.27. The molecule has 2 aromatic heterocycles. The fourth-order valence-electron chi connectivity index (χ4n) is 2.16. The molecule has 0 aliphatic rings. The van der Waals surface area contributed by atoms with Gasteiger partial charge in [-0.15, -0.1) is 0 Å². The van der Waals surface area contributed by atoms with Crippen LogP contribution in [-0.4, -0.2) is 16.5 Å². The van der Waals surface area contributed by atoms with E-state index in [2.05, 4.69) is 38.1 Å². The van der Waals surface area contributed by atoms with Crippen molar-refractivity contribution in [1.29, 1.82) is 0 Å². The van der Waals surface area contributed by atoms with Crippen LogP contribution in [-0.2, 0) is 0 Å². The number of rotatable bonds is 4. The Kier molecular flexibility index (Phi) is 3.80. The SMILES string of the molecule is CCNC(c1cnc2ccccc2n1)c1occc1Br. The molecule has 0 aliphatic carbocycles. The average Bonchev–Trinajstić information content (AvgIpc) is 2.90. The molecule has 0 amide bonds. The fraction of sp³-hybridized carbons (Fsp3) is 0.200. The largest absolute Gasteiger partial charge is 0.466 e. The summed E-state index contributed by atoms with van der Waals surface area (Å²) in [5, 5.41) is 3.38. The molecule has 1 atom stereocenters. The van der Waals surface area contributed by atoms with Crippen LogP contribution in [0.15, 0.2) is 51.7 Å². The molecule has 4 nitrogen and oxygen atoms in total. The highest BCUT2D eigenvalue weighted by atomic mass is 79.9. The van der Waals surface area contributed by atoms with E-state index in [1.54, 1.807) is 12.5 Å². The number of halogens is 1. The highest BCUT2D eigenvalue weighted by molar-refractivity contribution is 9.10. The zero-order valence-electron chi connectivity index (χ0n) is 11.0. The average molecular weight is 332 g/mol. The second-order valence-electron chi connectivity index (χ2n) is 4.41. The van der Waals surface area contributed by atoms with E-state index in [-0.39, 0.29) is 6.04 Å². The zero-order valence-corrected chi connectivity index (χ0v) is 12.6.